The van der Waals surface area contributed by atoms with E-state index in [1.54, 1.807) is 18.2 Å². The highest BCUT2D eigenvalue weighted by molar-refractivity contribution is 5.84. The Kier molecular flexibility index (Phi) is 11.0. The minimum Gasteiger partial charge on any atom is -0.444 e. The second-order valence-electron chi connectivity index (χ2n) is 8.43. The third-order valence-corrected chi connectivity index (χ3v) is 6.08. The van der Waals surface area contributed by atoms with E-state index >= 15 is 0 Å². The van der Waals surface area contributed by atoms with Crippen LogP contribution in [-0.4, -0.2) is 44.2 Å². The van der Waals surface area contributed by atoms with E-state index < -0.39 is 18.4 Å². The molecule has 33 heavy (non-hydrogen) atoms. The molecule has 10 heteroatoms. The number of para-hydroxylation sites is 1. The topological polar surface area (TPSA) is 88.8 Å². The monoisotopic (exact) mass is 470 g/mol. The number of hydrogen-bond donors (Lipinski definition) is 0. The molecule has 0 spiro atoms. The molecule has 1 aromatic rings. The molecule has 2 unspecified atom stereocenters. The Hall–Kier alpha value is -2.29. The summed E-state index contributed by atoms with van der Waals surface area (Å²) in [5, 5.41) is 3.50. The molecule has 0 aromatic heterocycles. The summed E-state index contributed by atoms with van der Waals surface area (Å²) in [4.78, 5) is 6.40. The molecule has 1 aliphatic rings. The Labute approximate surface area is 192 Å². The summed E-state index contributed by atoms with van der Waals surface area (Å²) < 4.78 is 57.9. The van der Waals surface area contributed by atoms with Crippen LogP contribution in [0, 0.1) is 17.8 Å². The number of benzene rings is 1. The molecule has 1 fully saturated rings. The maximum Gasteiger partial charge on any atom is 0.468 e. The minimum absolute atomic E-state index is 0.0734. The zero-order valence-corrected chi connectivity index (χ0v) is 19.4. The number of halogens is 3. The summed E-state index contributed by atoms with van der Waals surface area (Å²) in [6.45, 7) is 7.16. The van der Waals surface area contributed by atoms with E-state index in [9.17, 15) is 13.2 Å². The second-order valence-corrected chi connectivity index (χ2v) is 8.43. The molecule has 0 amide bonds. The van der Waals surface area contributed by atoms with E-state index in [-0.39, 0.29) is 36.2 Å². The Morgan fingerprint density at radius 1 is 1.03 bits per heavy atom. The van der Waals surface area contributed by atoms with E-state index in [0.717, 1.165) is 25.7 Å². The van der Waals surface area contributed by atoms with Crippen molar-refractivity contribution in [3.05, 3.63) is 40.8 Å². The summed E-state index contributed by atoms with van der Waals surface area (Å²) >= 11 is 0. The van der Waals surface area contributed by atoms with E-state index in [4.69, 9.17) is 19.7 Å². The van der Waals surface area contributed by atoms with Crippen molar-refractivity contribution in [1.82, 2.24) is 0 Å². The molecule has 7 nitrogen and oxygen atoms in total. The lowest BCUT2D eigenvalue weighted by Crippen LogP contribution is -2.49. The van der Waals surface area contributed by atoms with Crippen LogP contribution in [-0.2, 0) is 14.2 Å². The van der Waals surface area contributed by atoms with Gasteiger partial charge >= 0.3 is 6.18 Å². The molecule has 0 N–H and O–H groups in total. The van der Waals surface area contributed by atoms with Crippen LogP contribution in [0.25, 0.3) is 10.4 Å². The van der Waals surface area contributed by atoms with Gasteiger partial charge in [-0.05, 0) is 42.3 Å². The van der Waals surface area contributed by atoms with E-state index in [2.05, 4.69) is 15.0 Å². The van der Waals surface area contributed by atoms with E-state index in [1.807, 2.05) is 20.8 Å². The maximum atomic E-state index is 13.6. The van der Waals surface area contributed by atoms with Gasteiger partial charge in [-0.25, -0.2) is 4.99 Å². The molecule has 1 heterocycles. The Morgan fingerprint density at radius 2 is 1.73 bits per heavy atom. The molecule has 2 rings (SSSR count). The summed E-state index contributed by atoms with van der Waals surface area (Å²) in [7, 11) is 0. The number of nitrogens with zero attached hydrogens (tertiary/aromatic N) is 4. The fourth-order valence-electron chi connectivity index (χ4n) is 3.68. The highest BCUT2D eigenvalue weighted by atomic mass is 19.4. The summed E-state index contributed by atoms with van der Waals surface area (Å²) in [6, 6.07) is 7.90. The lowest BCUT2D eigenvalue weighted by Gasteiger charge is -2.43. The Balaban J connectivity index is 1.93. The quantitative estimate of drug-likeness (QED) is 0.0888. The van der Waals surface area contributed by atoms with Gasteiger partial charge in [-0.2, -0.15) is 13.2 Å². The minimum atomic E-state index is -4.74. The molecule has 184 valence electrons. The van der Waals surface area contributed by atoms with Gasteiger partial charge in [0.25, 0.3) is 5.90 Å². The first-order valence-electron chi connectivity index (χ1n) is 11.4. The SMILES string of the molecule is CC1[C@H](O/C(=N\c2ccccc2)C(F)(F)F)OC(COCCCCCCN=[N+]=[N-])[C@H](C)[C@@H]1C. The van der Waals surface area contributed by atoms with Crippen LogP contribution in [0.15, 0.2) is 40.4 Å². The number of alkyl halides is 3. The summed E-state index contributed by atoms with van der Waals surface area (Å²) in [6.07, 6.45) is -2.60. The molecular weight excluding hydrogens is 437 g/mol. The zero-order chi connectivity index (χ0) is 24.3. The van der Waals surface area contributed by atoms with Gasteiger partial charge in [0.1, 0.15) is 0 Å². The van der Waals surface area contributed by atoms with Crippen LogP contribution in [0.1, 0.15) is 46.5 Å². The first-order chi connectivity index (χ1) is 15.7. The van der Waals surface area contributed by atoms with Crippen molar-refractivity contribution in [2.45, 2.75) is 65.0 Å². The average molecular weight is 471 g/mol. The molecular formula is C23H33F3N4O3. The maximum absolute atomic E-state index is 13.6. The van der Waals surface area contributed by atoms with Crippen LogP contribution < -0.4 is 0 Å². The van der Waals surface area contributed by atoms with Crippen molar-refractivity contribution in [2.24, 2.45) is 27.9 Å². The van der Waals surface area contributed by atoms with Crippen molar-refractivity contribution >= 4 is 11.6 Å². The number of aliphatic imine (C=N–C) groups is 1. The van der Waals surface area contributed by atoms with Gasteiger partial charge in [-0.1, -0.05) is 56.9 Å². The second kappa shape index (κ2) is 13.4. The molecule has 0 radical (unpaired) electrons. The molecule has 0 saturated carbocycles. The number of azide groups is 1. The normalized spacial score (nSPS) is 26.0. The van der Waals surface area contributed by atoms with Gasteiger partial charge in [-0.15, -0.1) is 0 Å². The van der Waals surface area contributed by atoms with Gasteiger partial charge in [0.15, 0.2) is 0 Å². The standard InChI is InChI=1S/C23H33F3N4O3/c1-16-17(2)20(15-31-14-10-5-4-9-13-28-30-27)32-21(18(16)3)33-22(23(24,25)26)29-19-11-7-6-8-12-19/h6-8,11-12,16-18,20-21H,4-5,9-10,13-15H2,1-3H3/b29-22-/t16-,17+,18?,20?,21-/m0/s1. The highest BCUT2D eigenvalue weighted by Crippen LogP contribution is 2.37. The fourth-order valence-corrected chi connectivity index (χ4v) is 3.68. The highest BCUT2D eigenvalue weighted by Gasteiger charge is 2.45. The van der Waals surface area contributed by atoms with Crippen LogP contribution in [0.3, 0.4) is 0 Å². The fraction of sp³-hybridized carbons (Fsp3) is 0.696. The van der Waals surface area contributed by atoms with Gasteiger partial charge in [0.05, 0.1) is 18.4 Å². The third-order valence-electron chi connectivity index (χ3n) is 6.08. The van der Waals surface area contributed by atoms with Crippen LogP contribution in [0.5, 0.6) is 0 Å². The van der Waals surface area contributed by atoms with Crippen LogP contribution >= 0.6 is 0 Å². The smallest absolute Gasteiger partial charge is 0.444 e. The Morgan fingerprint density at radius 3 is 2.39 bits per heavy atom. The van der Waals surface area contributed by atoms with Crippen LogP contribution in [0.2, 0.25) is 0 Å². The number of hydrogen-bond acceptors (Lipinski definition) is 5. The van der Waals surface area contributed by atoms with E-state index in [1.165, 1.54) is 12.1 Å². The molecule has 5 atom stereocenters. The lowest BCUT2D eigenvalue weighted by molar-refractivity contribution is -0.237. The molecule has 1 aromatic carbocycles. The van der Waals surface area contributed by atoms with E-state index in [0.29, 0.717) is 13.2 Å². The predicted molar refractivity (Wildman–Crippen MR) is 120 cm³/mol. The van der Waals surface area contributed by atoms with Crippen LogP contribution in [0.4, 0.5) is 18.9 Å². The van der Waals surface area contributed by atoms with Gasteiger partial charge in [0, 0.05) is 24.0 Å². The summed E-state index contributed by atoms with van der Waals surface area (Å²) in [5.74, 6) is -1.39. The number of ether oxygens (including phenoxy) is 3. The molecule has 1 saturated heterocycles. The number of rotatable bonds is 11. The molecule has 0 aliphatic carbocycles. The molecule has 0 bridgehead atoms. The number of unbranched alkanes of at least 4 members (excludes halogenated alkanes) is 3. The van der Waals surface area contributed by atoms with Crippen molar-refractivity contribution in [1.29, 1.82) is 0 Å². The first-order valence-corrected chi connectivity index (χ1v) is 11.4. The largest absolute Gasteiger partial charge is 0.468 e. The Bertz CT molecular complexity index is 785. The summed E-state index contributed by atoms with van der Waals surface area (Å²) in [5.41, 5.74) is 8.41. The third kappa shape index (κ3) is 8.87. The van der Waals surface area contributed by atoms with Crippen molar-refractivity contribution < 1.29 is 27.4 Å². The van der Waals surface area contributed by atoms with Crippen molar-refractivity contribution in [2.75, 3.05) is 19.8 Å². The van der Waals surface area contributed by atoms with Crippen molar-refractivity contribution in [3.63, 3.8) is 0 Å². The van der Waals surface area contributed by atoms with Crippen molar-refractivity contribution in [3.8, 4) is 0 Å². The predicted octanol–water partition coefficient (Wildman–Crippen LogP) is 6.82. The van der Waals surface area contributed by atoms with Gasteiger partial charge in [-0.3, -0.25) is 0 Å². The zero-order valence-electron chi connectivity index (χ0n) is 19.4. The first kappa shape index (κ1) is 27.0. The molecule has 1 aliphatic heterocycles. The van der Waals surface area contributed by atoms with Gasteiger partial charge in [0.2, 0.25) is 6.29 Å². The lowest BCUT2D eigenvalue weighted by atomic mass is 9.79. The van der Waals surface area contributed by atoms with Gasteiger partial charge < -0.3 is 14.2 Å². The average Bonchev–Trinajstić information content (AvgIpc) is 2.78.